The summed E-state index contributed by atoms with van der Waals surface area (Å²) in [4.78, 5) is 10.7. The minimum absolute atomic E-state index is 0.588. The number of hydrogen-bond acceptors (Lipinski definition) is 4. The van der Waals surface area contributed by atoms with E-state index in [0.717, 1.165) is 24.1 Å². The number of rotatable bonds is 5. The van der Waals surface area contributed by atoms with Crippen molar-refractivity contribution >= 4 is 5.95 Å². The Balaban J connectivity index is 1.87. The highest BCUT2D eigenvalue weighted by molar-refractivity contribution is 5.26. The number of anilines is 1. The van der Waals surface area contributed by atoms with Crippen molar-refractivity contribution in [1.82, 2.24) is 15.3 Å². The van der Waals surface area contributed by atoms with Crippen LogP contribution in [0.5, 0.6) is 0 Å². The summed E-state index contributed by atoms with van der Waals surface area (Å²) >= 11 is 0. The Labute approximate surface area is 110 Å². The van der Waals surface area contributed by atoms with Crippen molar-refractivity contribution in [3.63, 3.8) is 0 Å². The monoisotopic (exact) mass is 248 g/mol. The van der Waals surface area contributed by atoms with Gasteiger partial charge in [-0.1, -0.05) is 12.8 Å². The van der Waals surface area contributed by atoms with Crippen LogP contribution in [-0.2, 0) is 6.54 Å². The molecule has 1 aromatic rings. The number of aromatic nitrogens is 2. The molecule has 0 aliphatic heterocycles. The lowest BCUT2D eigenvalue weighted by Crippen LogP contribution is -2.32. The van der Waals surface area contributed by atoms with E-state index in [9.17, 15) is 0 Å². The minimum Gasteiger partial charge on any atom is -0.347 e. The molecule has 18 heavy (non-hydrogen) atoms. The Kier molecular flexibility index (Phi) is 4.53. The van der Waals surface area contributed by atoms with Crippen LogP contribution in [0, 0.1) is 5.92 Å². The van der Waals surface area contributed by atoms with E-state index in [-0.39, 0.29) is 0 Å². The molecule has 1 fully saturated rings. The predicted molar refractivity (Wildman–Crippen MR) is 74.6 cm³/mol. The van der Waals surface area contributed by atoms with Crippen LogP contribution in [0.2, 0.25) is 0 Å². The molecular formula is C14H24N4. The third-order valence-electron chi connectivity index (χ3n) is 3.81. The van der Waals surface area contributed by atoms with Gasteiger partial charge in [0.2, 0.25) is 5.95 Å². The van der Waals surface area contributed by atoms with Gasteiger partial charge in [-0.15, -0.1) is 0 Å². The second-order valence-electron chi connectivity index (χ2n) is 5.46. The third kappa shape index (κ3) is 3.42. The molecule has 0 radical (unpaired) electrons. The van der Waals surface area contributed by atoms with Crippen LogP contribution >= 0.6 is 0 Å². The maximum absolute atomic E-state index is 4.52. The Morgan fingerprint density at radius 1 is 1.39 bits per heavy atom. The first-order chi connectivity index (χ1) is 8.66. The summed E-state index contributed by atoms with van der Waals surface area (Å²) in [5, 5.41) is 3.60. The van der Waals surface area contributed by atoms with Gasteiger partial charge in [0.25, 0.3) is 0 Å². The second-order valence-corrected chi connectivity index (χ2v) is 5.46. The largest absolute Gasteiger partial charge is 0.347 e. The Bertz CT molecular complexity index is 372. The molecule has 1 aromatic heterocycles. The Morgan fingerprint density at radius 3 is 2.78 bits per heavy atom. The lowest BCUT2D eigenvalue weighted by Gasteiger charge is -2.20. The Morgan fingerprint density at radius 2 is 2.11 bits per heavy atom. The Hall–Kier alpha value is -1.16. The zero-order valence-corrected chi connectivity index (χ0v) is 11.7. The number of nitrogens with zero attached hydrogens (tertiary/aromatic N) is 3. The molecule has 4 heteroatoms. The van der Waals surface area contributed by atoms with Gasteiger partial charge in [-0.25, -0.2) is 9.97 Å². The topological polar surface area (TPSA) is 41.1 Å². The molecule has 2 rings (SSSR count). The van der Waals surface area contributed by atoms with Crippen molar-refractivity contribution in [1.29, 1.82) is 0 Å². The van der Waals surface area contributed by atoms with E-state index in [4.69, 9.17) is 0 Å². The van der Waals surface area contributed by atoms with Crippen molar-refractivity contribution < 1.29 is 0 Å². The van der Waals surface area contributed by atoms with Crippen molar-refractivity contribution in [2.24, 2.45) is 5.92 Å². The summed E-state index contributed by atoms with van der Waals surface area (Å²) in [6.45, 7) is 3.13. The molecule has 4 nitrogen and oxygen atoms in total. The van der Waals surface area contributed by atoms with Crippen molar-refractivity contribution in [3.05, 3.63) is 18.0 Å². The van der Waals surface area contributed by atoms with Gasteiger partial charge in [-0.05, 0) is 31.7 Å². The maximum atomic E-state index is 4.52. The summed E-state index contributed by atoms with van der Waals surface area (Å²) in [7, 11) is 3.93. The molecule has 0 aromatic carbocycles. The normalized spacial score (nSPS) is 17.9. The van der Waals surface area contributed by atoms with E-state index in [2.05, 4.69) is 22.2 Å². The van der Waals surface area contributed by atoms with Gasteiger partial charge in [0.15, 0.2) is 0 Å². The third-order valence-corrected chi connectivity index (χ3v) is 3.81. The van der Waals surface area contributed by atoms with Gasteiger partial charge in [-0.3, -0.25) is 0 Å². The van der Waals surface area contributed by atoms with Crippen LogP contribution in [0.15, 0.2) is 12.3 Å². The van der Waals surface area contributed by atoms with Gasteiger partial charge in [0, 0.05) is 32.9 Å². The molecular weight excluding hydrogens is 224 g/mol. The second kappa shape index (κ2) is 6.14. The van der Waals surface area contributed by atoms with E-state index < -0.39 is 0 Å². The fourth-order valence-corrected chi connectivity index (χ4v) is 2.59. The van der Waals surface area contributed by atoms with E-state index in [1.807, 2.05) is 31.3 Å². The van der Waals surface area contributed by atoms with Crippen LogP contribution < -0.4 is 10.2 Å². The molecule has 1 heterocycles. The van der Waals surface area contributed by atoms with Crippen LogP contribution in [0.1, 0.15) is 38.3 Å². The first-order valence-corrected chi connectivity index (χ1v) is 6.89. The fourth-order valence-electron chi connectivity index (χ4n) is 2.59. The molecule has 0 saturated heterocycles. The van der Waals surface area contributed by atoms with E-state index >= 15 is 0 Å². The van der Waals surface area contributed by atoms with Gasteiger partial charge >= 0.3 is 0 Å². The standard InChI is InChI=1S/C14H24N4/c1-11(12-6-4-5-7-12)16-10-13-8-9-15-14(17-13)18(2)3/h8-9,11-12,16H,4-7,10H2,1-3H3. The summed E-state index contributed by atoms with van der Waals surface area (Å²) < 4.78 is 0. The van der Waals surface area contributed by atoms with E-state index in [0.29, 0.717) is 6.04 Å². The highest BCUT2D eigenvalue weighted by Crippen LogP contribution is 2.27. The summed E-state index contributed by atoms with van der Waals surface area (Å²) in [6, 6.07) is 2.58. The van der Waals surface area contributed by atoms with Crippen LogP contribution in [0.25, 0.3) is 0 Å². The average Bonchev–Trinajstić information content (AvgIpc) is 2.90. The van der Waals surface area contributed by atoms with Gasteiger partial charge in [0.1, 0.15) is 0 Å². The van der Waals surface area contributed by atoms with Crippen molar-refractivity contribution in [3.8, 4) is 0 Å². The first-order valence-electron chi connectivity index (χ1n) is 6.89. The van der Waals surface area contributed by atoms with Gasteiger partial charge < -0.3 is 10.2 Å². The SMILES string of the molecule is CC(NCc1ccnc(N(C)C)n1)C1CCCC1. The molecule has 1 atom stereocenters. The molecule has 1 N–H and O–H groups in total. The number of nitrogens with one attached hydrogen (secondary N) is 1. The van der Waals surface area contributed by atoms with Crippen LogP contribution in [-0.4, -0.2) is 30.1 Å². The maximum Gasteiger partial charge on any atom is 0.225 e. The lowest BCUT2D eigenvalue weighted by molar-refractivity contribution is 0.379. The van der Waals surface area contributed by atoms with E-state index in [1.165, 1.54) is 25.7 Å². The molecule has 0 bridgehead atoms. The average molecular weight is 248 g/mol. The highest BCUT2D eigenvalue weighted by atomic mass is 15.2. The first kappa shape index (κ1) is 13.3. The van der Waals surface area contributed by atoms with Crippen molar-refractivity contribution in [2.45, 2.75) is 45.2 Å². The summed E-state index contributed by atoms with van der Waals surface area (Å²) in [5.41, 5.74) is 1.07. The van der Waals surface area contributed by atoms with Gasteiger partial charge in [-0.2, -0.15) is 0 Å². The summed E-state index contributed by atoms with van der Waals surface area (Å²) in [6.07, 6.45) is 7.38. The van der Waals surface area contributed by atoms with Crippen LogP contribution in [0.3, 0.4) is 0 Å². The fraction of sp³-hybridized carbons (Fsp3) is 0.714. The molecule has 1 aliphatic carbocycles. The molecule has 1 unspecified atom stereocenters. The van der Waals surface area contributed by atoms with E-state index in [1.54, 1.807) is 0 Å². The predicted octanol–water partition coefficient (Wildman–Crippen LogP) is 2.21. The molecule has 0 spiro atoms. The molecule has 1 aliphatic rings. The summed E-state index contributed by atoms with van der Waals surface area (Å²) in [5.74, 6) is 1.63. The minimum atomic E-state index is 0.588. The molecule has 0 amide bonds. The molecule has 100 valence electrons. The number of hydrogen-bond donors (Lipinski definition) is 1. The van der Waals surface area contributed by atoms with Gasteiger partial charge in [0.05, 0.1) is 5.69 Å². The lowest BCUT2D eigenvalue weighted by atomic mass is 10.00. The zero-order chi connectivity index (χ0) is 13.0. The quantitative estimate of drug-likeness (QED) is 0.867. The van der Waals surface area contributed by atoms with Crippen LogP contribution in [0.4, 0.5) is 5.95 Å². The molecule has 1 saturated carbocycles. The smallest absolute Gasteiger partial charge is 0.225 e. The zero-order valence-electron chi connectivity index (χ0n) is 11.7. The highest BCUT2D eigenvalue weighted by Gasteiger charge is 2.20. The van der Waals surface area contributed by atoms with Crippen molar-refractivity contribution in [2.75, 3.05) is 19.0 Å².